The van der Waals surface area contributed by atoms with Crippen molar-refractivity contribution in [3.05, 3.63) is 129 Å². The summed E-state index contributed by atoms with van der Waals surface area (Å²) in [4.78, 5) is 116. The Labute approximate surface area is 464 Å². The predicted molar refractivity (Wildman–Crippen MR) is 296 cm³/mol. The zero-order valence-electron chi connectivity index (χ0n) is 45.6. The first-order valence-corrected chi connectivity index (χ1v) is 27.0. The van der Waals surface area contributed by atoms with Gasteiger partial charge in [-0.25, -0.2) is 0 Å². The standard InChI is InChI=1S/C58H70N10O12/c1-77-47-37-9-5-12-40(47)54(72)62-23-27-67-28-24-63-55(73)41-13-6-10-38(48(41)78-2)52(70)60-21-18-35(17-20-59-51(37)69)33-45-36-19-22-61-53(71)39-11-7-14-42(49(39)79-3)56(74)64-25-29-68(32-31-67)30-26-65-57(75)43-15-8-16-44(50(43)80-4)58(76)66-34-46(36)45/h5-16,33,35-36,46H,17-32,34H2,1-4H3,(H,59,69)(H,60,70)(H,61,71)(H,62,72)(H,63,73)(H,64,74)(H,65,75)(H,66,76)/b45-33-. The third kappa shape index (κ3) is 13.8. The molecule has 22 heteroatoms. The monoisotopic (exact) mass is 1100 g/mol. The van der Waals surface area contributed by atoms with Crippen molar-refractivity contribution in [1.82, 2.24) is 52.3 Å². The number of nitrogens with one attached hydrogen (secondary N) is 8. The molecule has 4 aromatic carbocycles. The highest BCUT2D eigenvalue weighted by atomic mass is 16.5. The van der Waals surface area contributed by atoms with Crippen molar-refractivity contribution in [1.29, 1.82) is 0 Å². The molecule has 3 unspecified atom stereocenters. The predicted octanol–water partition coefficient (Wildman–Crippen LogP) is 2.26. The van der Waals surface area contributed by atoms with Crippen LogP contribution in [0.4, 0.5) is 0 Å². The molecule has 4 aromatic rings. The topological polar surface area (TPSA) is 276 Å². The van der Waals surface area contributed by atoms with Crippen molar-refractivity contribution in [3.63, 3.8) is 0 Å². The molecule has 1 fully saturated rings. The first kappa shape index (κ1) is 57.7. The summed E-state index contributed by atoms with van der Waals surface area (Å²) in [5.74, 6) is -3.93. The minimum atomic E-state index is -0.468. The molecule has 1 aliphatic carbocycles. The van der Waals surface area contributed by atoms with E-state index in [0.29, 0.717) is 32.4 Å². The number of methoxy groups -OCH3 is 4. The Bertz CT molecular complexity index is 2930. The summed E-state index contributed by atoms with van der Waals surface area (Å²) < 4.78 is 22.9. The Balaban J connectivity index is 1.23. The van der Waals surface area contributed by atoms with Gasteiger partial charge in [0, 0.05) is 97.5 Å². The van der Waals surface area contributed by atoms with Crippen LogP contribution in [0.2, 0.25) is 0 Å². The van der Waals surface area contributed by atoms with E-state index in [1.165, 1.54) is 28.4 Å². The van der Waals surface area contributed by atoms with Crippen molar-refractivity contribution in [2.75, 3.05) is 120 Å². The summed E-state index contributed by atoms with van der Waals surface area (Å²) in [5.41, 5.74) is 2.25. The van der Waals surface area contributed by atoms with E-state index in [4.69, 9.17) is 18.9 Å². The molecule has 0 spiro atoms. The molecule has 424 valence electrons. The number of benzene rings is 4. The molecule has 0 aromatic heterocycles. The molecule has 12 bridgehead atoms. The fourth-order valence-electron chi connectivity index (χ4n) is 10.6. The Morgan fingerprint density at radius 3 is 0.887 bits per heavy atom. The second-order valence-electron chi connectivity index (χ2n) is 19.7. The lowest BCUT2D eigenvalue weighted by Crippen LogP contribution is -2.46. The van der Waals surface area contributed by atoms with Crippen LogP contribution >= 0.6 is 0 Å². The van der Waals surface area contributed by atoms with Gasteiger partial charge in [-0.3, -0.25) is 48.2 Å². The number of rotatable bonds is 4. The van der Waals surface area contributed by atoms with Crippen molar-refractivity contribution in [2.45, 2.75) is 19.3 Å². The van der Waals surface area contributed by atoms with Crippen molar-refractivity contribution < 1.29 is 57.3 Å². The van der Waals surface area contributed by atoms with E-state index in [1.807, 2.05) is 9.80 Å². The molecule has 4 heterocycles. The number of para-hydroxylation sites is 4. The smallest absolute Gasteiger partial charge is 0.255 e. The van der Waals surface area contributed by atoms with Gasteiger partial charge >= 0.3 is 0 Å². The van der Waals surface area contributed by atoms with E-state index in [0.717, 1.165) is 5.57 Å². The van der Waals surface area contributed by atoms with Gasteiger partial charge in [0.15, 0.2) is 0 Å². The van der Waals surface area contributed by atoms with Gasteiger partial charge in [0.05, 0.1) is 72.9 Å². The molecule has 9 rings (SSSR count). The molecule has 3 atom stereocenters. The maximum absolute atomic E-state index is 14.2. The van der Waals surface area contributed by atoms with Crippen LogP contribution in [-0.2, 0) is 0 Å². The number of hydrogen-bond donors (Lipinski definition) is 8. The normalized spacial score (nSPS) is 23.0. The lowest BCUT2D eigenvalue weighted by molar-refractivity contribution is 0.0914. The van der Waals surface area contributed by atoms with Crippen LogP contribution in [0.3, 0.4) is 0 Å². The Kier molecular flexibility index (Phi) is 19.7. The fourth-order valence-corrected chi connectivity index (χ4v) is 10.6. The highest BCUT2D eigenvalue weighted by molar-refractivity contribution is 6.07. The van der Waals surface area contributed by atoms with Crippen LogP contribution < -0.4 is 61.5 Å². The minimum Gasteiger partial charge on any atom is -0.495 e. The van der Waals surface area contributed by atoms with E-state index >= 15 is 0 Å². The van der Waals surface area contributed by atoms with Gasteiger partial charge in [-0.2, -0.15) is 0 Å². The molecule has 1 saturated carbocycles. The number of carbonyl (C=O) groups excluding carboxylic acids is 8. The number of carbonyl (C=O) groups is 8. The minimum absolute atomic E-state index is 0.0982. The average Bonchev–Trinajstić information content (AvgIpc) is 4.17. The summed E-state index contributed by atoms with van der Waals surface area (Å²) in [5, 5.41) is 24.0. The fraction of sp³-hybridized carbons (Fsp3) is 0.414. The molecular weight excluding hydrogens is 1030 g/mol. The van der Waals surface area contributed by atoms with Crippen LogP contribution in [0.1, 0.15) is 102 Å². The summed E-state index contributed by atoms with van der Waals surface area (Å²) in [6.45, 7) is 3.16. The molecule has 4 aliphatic heterocycles. The van der Waals surface area contributed by atoms with Gasteiger partial charge in [-0.1, -0.05) is 35.9 Å². The van der Waals surface area contributed by atoms with Crippen LogP contribution in [-0.4, -0.2) is 177 Å². The quantitative estimate of drug-likeness (QED) is 0.136. The Morgan fingerprint density at radius 2 is 0.600 bits per heavy atom. The van der Waals surface area contributed by atoms with E-state index in [1.54, 1.807) is 72.8 Å². The van der Waals surface area contributed by atoms with Crippen LogP contribution in [0.5, 0.6) is 23.0 Å². The van der Waals surface area contributed by atoms with Crippen LogP contribution in [0, 0.1) is 17.8 Å². The van der Waals surface area contributed by atoms with Gasteiger partial charge in [-0.05, 0) is 79.6 Å². The van der Waals surface area contributed by atoms with E-state index < -0.39 is 47.3 Å². The molecule has 80 heavy (non-hydrogen) atoms. The zero-order valence-corrected chi connectivity index (χ0v) is 45.6. The van der Waals surface area contributed by atoms with E-state index in [9.17, 15) is 38.4 Å². The number of nitrogens with zero attached hydrogens (tertiary/aromatic N) is 2. The number of hydrogen-bond acceptors (Lipinski definition) is 14. The summed E-state index contributed by atoms with van der Waals surface area (Å²) >= 11 is 0. The third-order valence-corrected chi connectivity index (χ3v) is 14.9. The summed E-state index contributed by atoms with van der Waals surface area (Å²) in [7, 11) is 5.59. The first-order valence-electron chi connectivity index (χ1n) is 27.0. The second kappa shape index (κ2) is 27.4. The van der Waals surface area contributed by atoms with Crippen molar-refractivity contribution in [3.8, 4) is 23.0 Å². The van der Waals surface area contributed by atoms with Crippen molar-refractivity contribution >= 4 is 47.3 Å². The lowest BCUT2D eigenvalue weighted by atomic mass is 9.99. The largest absolute Gasteiger partial charge is 0.495 e. The molecule has 8 amide bonds. The van der Waals surface area contributed by atoms with Crippen LogP contribution in [0.15, 0.2) is 84.4 Å². The Morgan fingerprint density at radius 1 is 0.338 bits per heavy atom. The van der Waals surface area contributed by atoms with Gasteiger partial charge < -0.3 is 61.5 Å². The Hall–Kier alpha value is -8.50. The van der Waals surface area contributed by atoms with E-state index in [2.05, 4.69) is 48.6 Å². The first-order chi connectivity index (χ1) is 38.8. The number of ether oxygens (including phenoxy) is 4. The second-order valence-corrected chi connectivity index (χ2v) is 19.7. The van der Waals surface area contributed by atoms with Crippen molar-refractivity contribution in [2.24, 2.45) is 17.8 Å². The van der Waals surface area contributed by atoms with Crippen LogP contribution in [0.25, 0.3) is 0 Å². The average molecular weight is 1100 g/mol. The highest BCUT2D eigenvalue weighted by Gasteiger charge is 2.44. The summed E-state index contributed by atoms with van der Waals surface area (Å²) in [6, 6.07) is 19.1. The summed E-state index contributed by atoms with van der Waals surface area (Å²) in [6.07, 6.45) is 3.31. The maximum atomic E-state index is 14.2. The third-order valence-electron chi connectivity index (χ3n) is 14.9. The lowest BCUT2D eigenvalue weighted by Gasteiger charge is -2.28. The number of fused-ring (bicyclic) bond motifs is 15. The number of allylic oxidation sites excluding steroid dienone is 1. The molecular formula is C58H70N10O12. The SMILES string of the molecule is COc1c2cccc1C(=O)NCCN1CCNC(=O)c3cccc(c3OC)C(=O)NCCC(/C=C3/C4CCNC(=O)c5cccc(c5OC)C(=O)NCCN(CCNC(=O)c5cccc(c5OC)C(=O)NCC34)CC1)CCNC2=O. The molecule has 8 N–H and O–H groups in total. The molecule has 0 saturated heterocycles. The highest BCUT2D eigenvalue weighted by Crippen LogP contribution is 2.49. The van der Waals surface area contributed by atoms with E-state index in [-0.39, 0.29) is 164 Å². The van der Waals surface area contributed by atoms with Gasteiger partial charge in [-0.15, -0.1) is 0 Å². The molecule has 0 radical (unpaired) electrons. The molecule has 5 aliphatic rings. The van der Waals surface area contributed by atoms with Gasteiger partial charge in [0.1, 0.15) is 23.0 Å². The molecule has 22 nitrogen and oxygen atoms in total. The number of amides is 8. The van der Waals surface area contributed by atoms with Gasteiger partial charge in [0.25, 0.3) is 47.3 Å². The maximum Gasteiger partial charge on any atom is 0.255 e. The van der Waals surface area contributed by atoms with Gasteiger partial charge in [0.2, 0.25) is 0 Å². The zero-order chi connectivity index (χ0) is 56.7.